The van der Waals surface area contributed by atoms with Gasteiger partial charge in [0, 0.05) is 12.0 Å². The Hall–Kier alpha value is -0.900. The molecule has 2 aliphatic carbocycles. The zero-order valence-electron chi connectivity index (χ0n) is 12.0. The molecule has 0 saturated heterocycles. The first kappa shape index (κ1) is 13.1. The minimum absolute atomic E-state index is 0.549. The number of nitrogens with two attached hydrogens (primary N) is 1. The lowest BCUT2D eigenvalue weighted by Crippen LogP contribution is -2.23. The maximum Gasteiger partial charge on any atom is 0.136 e. The molecule has 1 heterocycles. The fourth-order valence-corrected chi connectivity index (χ4v) is 4.09. The topological polar surface area (TPSA) is 56.7 Å². The zero-order chi connectivity index (χ0) is 13.2. The molecular weight excluding hydrogens is 236 g/mol. The molecule has 2 N–H and O–H groups in total. The fourth-order valence-electron chi connectivity index (χ4n) is 4.09. The highest BCUT2D eigenvalue weighted by atomic mass is 15.3. The Morgan fingerprint density at radius 3 is 2.58 bits per heavy atom. The molecule has 2 aliphatic rings. The van der Waals surface area contributed by atoms with Crippen LogP contribution >= 0.6 is 0 Å². The normalized spacial score (nSPS) is 28.9. The van der Waals surface area contributed by atoms with E-state index in [1.165, 1.54) is 57.2 Å². The van der Waals surface area contributed by atoms with E-state index in [4.69, 9.17) is 5.73 Å². The summed E-state index contributed by atoms with van der Waals surface area (Å²) in [4.78, 5) is 0. The lowest BCUT2D eigenvalue weighted by atomic mass is 9.92. The van der Waals surface area contributed by atoms with Gasteiger partial charge < -0.3 is 10.3 Å². The molecule has 0 radical (unpaired) electrons. The molecule has 4 heteroatoms. The number of rotatable bonds is 3. The van der Waals surface area contributed by atoms with Crippen LogP contribution in [0.25, 0.3) is 0 Å². The lowest BCUT2D eigenvalue weighted by Gasteiger charge is -2.28. The van der Waals surface area contributed by atoms with Gasteiger partial charge in [0.05, 0.1) is 0 Å². The van der Waals surface area contributed by atoms with Crippen LogP contribution in [0, 0.1) is 12.8 Å². The van der Waals surface area contributed by atoms with E-state index in [1.807, 2.05) is 0 Å². The van der Waals surface area contributed by atoms with E-state index in [0.717, 1.165) is 12.4 Å². The molecule has 106 valence electrons. The van der Waals surface area contributed by atoms with Crippen molar-refractivity contribution in [2.24, 2.45) is 11.7 Å². The molecule has 19 heavy (non-hydrogen) atoms. The van der Waals surface area contributed by atoms with Crippen molar-refractivity contribution in [1.82, 2.24) is 14.8 Å². The predicted molar refractivity (Wildman–Crippen MR) is 76.0 cm³/mol. The molecule has 2 saturated carbocycles. The summed E-state index contributed by atoms with van der Waals surface area (Å²) in [6, 6.07) is 0.637. The van der Waals surface area contributed by atoms with Crippen LogP contribution in [0.5, 0.6) is 0 Å². The number of hydrogen-bond donors (Lipinski definition) is 1. The molecule has 2 unspecified atom stereocenters. The molecule has 1 aromatic heterocycles. The number of nitrogens with zero attached hydrogens (tertiary/aromatic N) is 3. The van der Waals surface area contributed by atoms with Gasteiger partial charge in [-0.1, -0.05) is 25.7 Å². The minimum Gasteiger partial charge on any atom is -0.330 e. The molecule has 0 bridgehead atoms. The van der Waals surface area contributed by atoms with Crippen LogP contribution in [-0.2, 0) is 0 Å². The first-order valence-corrected chi connectivity index (χ1v) is 7.92. The predicted octanol–water partition coefficient (Wildman–Crippen LogP) is 2.93. The Kier molecular flexibility index (Phi) is 3.87. The van der Waals surface area contributed by atoms with Gasteiger partial charge >= 0.3 is 0 Å². The van der Waals surface area contributed by atoms with Gasteiger partial charge in [-0.3, -0.25) is 0 Å². The van der Waals surface area contributed by atoms with Crippen LogP contribution in [0.3, 0.4) is 0 Å². The Bertz CT molecular complexity index is 420. The van der Waals surface area contributed by atoms with Crippen LogP contribution in [-0.4, -0.2) is 21.3 Å². The van der Waals surface area contributed by atoms with Gasteiger partial charge in [-0.05, 0) is 45.1 Å². The number of hydrogen-bond acceptors (Lipinski definition) is 3. The van der Waals surface area contributed by atoms with Gasteiger partial charge in [0.15, 0.2) is 0 Å². The van der Waals surface area contributed by atoms with Crippen molar-refractivity contribution in [3.05, 3.63) is 11.6 Å². The quantitative estimate of drug-likeness (QED) is 0.911. The van der Waals surface area contributed by atoms with Gasteiger partial charge in [0.2, 0.25) is 0 Å². The second kappa shape index (κ2) is 5.61. The van der Waals surface area contributed by atoms with E-state index < -0.39 is 0 Å². The van der Waals surface area contributed by atoms with E-state index in [0.29, 0.717) is 17.9 Å². The third kappa shape index (κ3) is 2.42. The van der Waals surface area contributed by atoms with Crippen molar-refractivity contribution in [2.45, 2.75) is 70.3 Å². The summed E-state index contributed by atoms with van der Waals surface area (Å²) < 4.78 is 2.46. The van der Waals surface area contributed by atoms with Gasteiger partial charge in [0.25, 0.3) is 0 Å². The van der Waals surface area contributed by atoms with Crippen molar-refractivity contribution >= 4 is 0 Å². The summed E-state index contributed by atoms with van der Waals surface area (Å²) >= 11 is 0. The third-order valence-electron chi connectivity index (χ3n) is 5.13. The first-order chi connectivity index (χ1) is 9.31. The van der Waals surface area contributed by atoms with Crippen molar-refractivity contribution in [1.29, 1.82) is 0 Å². The monoisotopic (exact) mass is 262 g/mol. The molecule has 0 amide bonds. The molecule has 0 spiro atoms. The standard InChI is InChI=1S/C15H26N4/c1-11-17-18-15(14-9-5-6-12(14)10-16)19(11)13-7-3-2-4-8-13/h12-14H,2-10,16H2,1H3. The smallest absolute Gasteiger partial charge is 0.136 e. The molecular formula is C15H26N4. The minimum atomic E-state index is 0.549. The summed E-state index contributed by atoms with van der Waals surface area (Å²) in [7, 11) is 0. The average molecular weight is 262 g/mol. The molecule has 0 aliphatic heterocycles. The van der Waals surface area contributed by atoms with E-state index in [1.54, 1.807) is 0 Å². The van der Waals surface area contributed by atoms with Crippen LogP contribution < -0.4 is 5.73 Å². The number of aryl methyl sites for hydroxylation is 1. The van der Waals surface area contributed by atoms with Crippen molar-refractivity contribution in [3.63, 3.8) is 0 Å². The Labute approximate surface area is 115 Å². The van der Waals surface area contributed by atoms with E-state index in [2.05, 4.69) is 21.7 Å². The van der Waals surface area contributed by atoms with Crippen LogP contribution in [0.4, 0.5) is 0 Å². The van der Waals surface area contributed by atoms with Gasteiger partial charge in [-0.25, -0.2) is 0 Å². The second-order valence-electron chi connectivity index (χ2n) is 6.30. The Morgan fingerprint density at radius 2 is 1.84 bits per heavy atom. The fraction of sp³-hybridized carbons (Fsp3) is 0.867. The molecule has 2 atom stereocenters. The Balaban J connectivity index is 1.89. The maximum atomic E-state index is 5.94. The number of aromatic nitrogens is 3. The summed E-state index contributed by atoms with van der Waals surface area (Å²) in [5.41, 5.74) is 5.94. The lowest BCUT2D eigenvalue weighted by molar-refractivity contribution is 0.328. The molecule has 4 nitrogen and oxygen atoms in total. The van der Waals surface area contributed by atoms with Gasteiger partial charge in [-0.15, -0.1) is 10.2 Å². The van der Waals surface area contributed by atoms with Crippen LogP contribution in [0.15, 0.2) is 0 Å². The van der Waals surface area contributed by atoms with E-state index >= 15 is 0 Å². The summed E-state index contributed by atoms with van der Waals surface area (Å²) in [6.07, 6.45) is 10.5. The SMILES string of the molecule is Cc1nnc(C2CCCC2CN)n1C1CCCCC1. The highest BCUT2D eigenvalue weighted by Gasteiger charge is 2.33. The van der Waals surface area contributed by atoms with E-state index in [-0.39, 0.29) is 0 Å². The second-order valence-corrected chi connectivity index (χ2v) is 6.30. The Morgan fingerprint density at radius 1 is 1.05 bits per heavy atom. The maximum absolute atomic E-state index is 5.94. The van der Waals surface area contributed by atoms with E-state index in [9.17, 15) is 0 Å². The summed E-state index contributed by atoms with van der Waals surface area (Å²) in [5.74, 6) is 3.50. The largest absolute Gasteiger partial charge is 0.330 e. The third-order valence-corrected chi connectivity index (χ3v) is 5.13. The van der Waals surface area contributed by atoms with Gasteiger partial charge in [-0.2, -0.15) is 0 Å². The molecule has 0 aromatic carbocycles. The highest BCUT2D eigenvalue weighted by Crippen LogP contribution is 2.40. The van der Waals surface area contributed by atoms with Gasteiger partial charge in [0.1, 0.15) is 11.6 Å². The van der Waals surface area contributed by atoms with Crippen LogP contribution in [0.2, 0.25) is 0 Å². The van der Waals surface area contributed by atoms with Crippen molar-refractivity contribution < 1.29 is 0 Å². The molecule has 2 fully saturated rings. The first-order valence-electron chi connectivity index (χ1n) is 7.92. The van der Waals surface area contributed by atoms with Crippen molar-refractivity contribution in [2.75, 3.05) is 6.54 Å². The summed E-state index contributed by atoms with van der Waals surface area (Å²) in [5, 5.41) is 8.91. The molecule has 1 aromatic rings. The molecule has 3 rings (SSSR count). The average Bonchev–Trinajstić information content (AvgIpc) is 3.05. The highest BCUT2D eigenvalue weighted by molar-refractivity contribution is 5.08. The summed E-state index contributed by atoms with van der Waals surface area (Å²) in [6.45, 7) is 2.90. The van der Waals surface area contributed by atoms with Crippen LogP contribution in [0.1, 0.15) is 75.0 Å². The zero-order valence-corrected chi connectivity index (χ0v) is 12.0. The van der Waals surface area contributed by atoms with Crippen molar-refractivity contribution in [3.8, 4) is 0 Å².